The normalized spacial score (nSPS) is 42.7. The van der Waals surface area contributed by atoms with Crippen molar-refractivity contribution in [3.05, 3.63) is 35.9 Å². The molecule has 6 atom stereocenters. The molecule has 2 aliphatic heterocycles. The molecule has 0 unspecified atom stereocenters. The largest absolute Gasteiger partial charge is 0.387 e. The lowest BCUT2D eigenvalue weighted by molar-refractivity contribution is -0.354. The standard InChI is InChI=1S/C13H16O6/c14-9-10(15)12(16)18-8-6-17-13(19-11(8)9)7-4-2-1-3-5-7/h1-5,8-16H,6H2/t8-,9-,10-,11+,12+,13+/m1/s1. The van der Waals surface area contributed by atoms with Crippen LogP contribution in [-0.2, 0) is 14.2 Å². The minimum absolute atomic E-state index is 0.186. The molecule has 6 heteroatoms. The van der Waals surface area contributed by atoms with Crippen LogP contribution in [0.2, 0.25) is 0 Å². The van der Waals surface area contributed by atoms with Crippen LogP contribution in [0.15, 0.2) is 30.3 Å². The van der Waals surface area contributed by atoms with Crippen LogP contribution in [0, 0.1) is 0 Å². The van der Waals surface area contributed by atoms with Crippen molar-refractivity contribution in [1.82, 2.24) is 0 Å². The van der Waals surface area contributed by atoms with E-state index in [1.165, 1.54) is 0 Å². The molecule has 104 valence electrons. The lowest BCUT2D eigenvalue weighted by atomic mass is 9.98. The summed E-state index contributed by atoms with van der Waals surface area (Å²) in [6, 6.07) is 9.31. The van der Waals surface area contributed by atoms with Gasteiger partial charge in [-0.15, -0.1) is 0 Å². The number of aliphatic hydroxyl groups excluding tert-OH is 3. The third-order valence-electron chi connectivity index (χ3n) is 3.42. The molecule has 0 aromatic heterocycles. The second-order valence-corrected chi connectivity index (χ2v) is 4.72. The van der Waals surface area contributed by atoms with Crippen LogP contribution in [-0.4, -0.2) is 52.6 Å². The van der Waals surface area contributed by atoms with Crippen molar-refractivity contribution >= 4 is 0 Å². The number of fused-ring (bicyclic) bond motifs is 1. The first-order valence-electron chi connectivity index (χ1n) is 6.18. The Morgan fingerprint density at radius 1 is 0.947 bits per heavy atom. The molecule has 3 rings (SSSR count). The zero-order chi connectivity index (χ0) is 13.4. The van der Waals surface area contributed by atoms with E-state index in [1.54, 1.807) is 0 Å². The average Bonchev–Trinajstić information content (AvgIpc) is 2.46. The summed E-state index contributed by atoms with van der Waals surface area (Å²) in [6.07, 6.45) is -5.93. The van der Waals surface area contributed by atoms with Gasteiger partial charge in [0.15, 0.2) is 12.6 Å². The number of hydrogen-bond donors (Lipinski definition) is 3. The van der Waals surface area contributed by atoms with Crippen LogP contribution >= 0.6 is 0 Å². The molecule has 0 bridgehead atoms. The van der Waals surface area contributed by atoms with Gasteiger partial charge in [-0.05, 0) is 0 Å². The topological polar surface area (TPSA) is 88.4 Å². The molecule has 6 nitrogen and oxygen atoms in total. The van der Waals surface area contributed by atoms with E-state index in [0.29, 0.717) is 0 Å². The van der Waals surface area contributed by atoms with Crippen LogP contribution in [0.4, 0.5) is 0 Å². The number of ether oxygens (including phenoxy) is 3. The molecule has 0 aliphatic carbocycles. The van der Waals surface area contributed by atoms with E-state index in [9.17, 15) is 15.3 Å². The van der Waals surface area contributed by atoms with Gasteiger partial charge in [0.1, 0.15) is 24.4 Å². The fraction of sp³-hybridized carbons (Fsp3) is 0.538. The van der Waals surface area contributed by atoms with E-state index in [-0.39, 0.29) is 6.61 Å². The molecule has 2 fully saturated rings. The van der Waals surface area contributed by atoms with E-state index >= 15 is 0 Å². The van der Waals surface area contributed by atoms with E-state index in [0.717, 1.165) is 5.56 Å². The fourth-order valence-corrected chi connectivity index (χ4v) is 2.37. The molecular formula is C13H16O6. The number of hydrogen-bond acceptors (Lipinski definition) is 6. The van der Waals surface area contributed by atoms with Crippen molar-refractivity contribution in [2.24, 2.45) is 0 Å². The maximum Gasteiger partial charge on any atom is 0.184 e. The van der Waals surface area contributed by atoms with E-state index in [4.69, 9.17) is 14.2 Å². The van der Waals surface area contributed by atoms with Crippen molar-refractivity contribution in [3.63, 3.8) is 0 Å². The molecule has 19 heavy (non-hydrogen) atoms. The van der Waals surface area contributed by atoms with Crippen LogP contribution in [0.3, 0.4) is 0 Å². The first-order chi connectivity index (χ1) is 9.16. The number of aliphatic hydroxyl groups is 3. The van der Waals surface area contributed by atoms with Gasteiger partial charge in [0.2, 0.25) is 0 Å². The summed E-state index contributed by atoms with van der Waals surface area (Å²) in [5, 5.41) is 29.0. The average molecular weight is 268 g/mol. The third-order valence-corrected chi connectivity index (χ3v) is 3.42. The van der Waals surface area contributed by atoms with Crippen molar-refractivity contribution in [1.29, 1.82) is 0 Å². The summed E-state index contributed by atoms with van der Waals surface area (Å²) >= 11 is 0. The van der Waals surface area contributed by atoms with E-state index in [2.05, 4.69) is 0 Å². The van der Waals surface area contributed by atoms with Crippen molar-refractivity contribution < 1.29 is 29.5 Å². The molecule has 2 aliphatic rings. The highest BCUT2D eigenvalue weighted by Gasteiger charge is 2.48. The molecule has 0 radical (unpaired) electrons. The van der Waals surface area contributed by atoms with Gasteiger partial charge in [0, 0.05) is 5.56 Å². The Hall–Kier alpha value is -1.02. The zero-order valence-corrected chi connectivity index (χ0v) is 10.1. The fourth-order valence-electron chi connectivity index (χ4n) is 2.37. The van der Waals surface area contributed by atoms with Gasteiger partial charge < -0.3 is 29.5 Å². The zero-order valence-electron chi connectivity index (χ0n) is 10.1. The Morgan fingerprint density at radius 3 is 2.42 bits per heavy atom. The van der Waals surface area contributed by atoms with Crippen molar-refractivity contribution in [3.8, 4) is 0 Å². The Kier molecular flexibility index (Phi) is 3.53. The smallest absolute Gasteiger partial charge is 0.184 e. The molecule has 1 aromatic carbocycles. The summed E-state index contributed by atoms with van der Waals surface area (Å²) in [6.45, 7) is 0.186. The molecule has 0 spiro atoms. The van der Waals surface area contributed by atoms with Crippen LogP contribution in [0.25, 0.3) is 0 Å². The molecule has 2 saturated heterocycles. The van der Waals surface area contributed by atoms with Gasteiger partial charge in [0.25, 0.3) is 0 Å². The van der Waals surface area contributed by atoms with Crippen molar-refractivity contribution in [2.45, 2.75) is 37.0 Å². The van der Waals surface area contributed by atoms with Gasteiger partial charge in [-0.2, -0.15) is 0 Å². The molecule has 0 saturated carbocycles. The second kappa shape index (κ2) is 5.16. The lowest BCUT2D eigenvalue weighted by Gasteiger charge is -2.45. The summed E-state index contributed by atoms with van der Waals surface area (Å²) in [5.74, 6) is 0. The van der Waals surface area contributed by atoms with E-state index in [1.807, 2.05) is 30.3 Å². The van der Waals surface area contributed by atoms with Gasteiger partial charge >= 0.3 is 0 Å². The minimum Gasteiger partial charge on any atom is -0.387 e. The predicted molar refractivity (Wildman–Crippen MR) is 62.9 cm³/mol. The first-order valence-corrected chi connectivity index (χ1v) is 6.18. The monoisotopic (exact) mass is 268 g/mol. The first kappa shape index (κ1) is 13.0. The molecule has 1 aromatic rings. The third kappa shape index (κ3) is 2.38. The number of benzene rings is 1. The van der Waals surface area contributed by atoms with Crippen LogP contribution < -0.4 is 0 Å². The number of rotatable bonds is 1. The van der Waals surface area contributed by atoms with Gasteiger partial charge in [0.05, 0.1) is 6.61 Å². The van der Waals surface area contributed by atoms with Gasteiger partial charge in [-0.1, -0.05) is 30.3 Å². The molecule has 0 amide bonds. The highest BCUT2D eigenvalue weighted by Crippen LogP contribution is 2.33. The van der Waals surface area contributed by atoms with E-state index < -0.39 is 37.0 Å². The summed E-state index contributed by atoms with van der Waals surface area (Å²) < 4.78 is 16.3. The Morgan fingerprint density at radius 2 is 1.68 bits per heavy atom. The highest BCUT2D eigenvalue weighted by molar-refractivity contribution is 5.16. The quantitative estimate of drug-likeness (QED) is 0.639. The molecular weight excluding hydrogens is 252 g/mol. The Balaban J connectivity index is 1.75. The summed E-state index contributed by atoms with van der Waals surface area (Å²) in [5.41, 5.74) is 0.828. The van der Waals surface area contributed by atoms with Crippen LogP contribution in [0.1, 0.15) is 11.9 Å². The predicted octanol–water partition coefficient (Wildman–Crippen LogP) is -0.460. The second-order valence-electron chi connectivity index (χ2n) is 4.72. The minimum atomic E-state index is -1.42. The SMILES string of the molecule is O[C@@H]1[C@@H](O)[C@@H](O)O[C@@H]2CO[C@H](c3ccccc3)O[C@H]12. The highest BCUT2D eigenvalue weighted by atomic mass is 16.7. The maximum atomic E-state index is 9.94. The summed E-state index contributed by atoms with van der Waals surface area (Å²) in [7, 11) is 0. The lowest BCUT2D eigenvalue weighted by Crippen LogP contribution is -2.61. The molecule has 3 N–H and O–H groups in total. The Bertz CT molecular complexity index is 422. The van der Waals surface area contributed by atoms with Gasteiger partial charge in [-0.3, -0.25) is 0 Å². The van der Waals surface area contributed by atoms with Gasteiger partial charge in [-0.25, -0.2) is 0 Å². The van der Waals surface area contributed by atoms with Crippen LogP contribution in [0.5, 0.6) is 0 Å². The Labute approximate surface area is 110 Å². The summed E-state index contributed by atoms with van der Waals surface area (Å²) in [4.78, 5) is 0. The van der Waals surface area contributed by atoms with Crippen molar-refractivity contribution in [2.75, 3.05) is 6.61 Å². The molecule has 2 heterocycles. The maximum absolute atomic E-state index is 9.94.